The Hall–Kier alpha value is -2.37. The van der Waals surface area contributed by atoms with Crippen molar-refractivity contribution in [2.45, 2.75) is 13.8 Å². The molecule has 2 amide bonds. The topological polar surface area (TPSA) is 52.7 Å². The summed E-state index contributed by atoms with van der Waals surface area (Å²) >= 11 is 0. The molecule has 1 aliphatic heterocycles. The predicted molar refractivity (Wildman–Crippen MR) is 92.2 cm³/mol. The van der Waals surface area contributed by atoms with Gasteiger partial charge in [0.05, 0.1) is 0 Å². The summed E-state index contributed by atoms with van der Waals surface area (Å²) in [5.41, 5.74) is -0.174. The maximum Gasteiger partial charge on any atom is 0.237 e. The Labute approximate surface area is 142 Å². The monoisotopic (exact) mass is 333 g/mol. The second kappa shape index (κ2) is 7.47. The van der Waals surface area contributed by atoms with E-state index in [0.29, 0.717) is 32.7 Å². The second-order valence-corrected chi connectivity index (χ2v) is 6.38. The van der Waals surface area contributed by atoms with Gasteiger partial charge < -0.3 is 15.1 Å². The van der Waals surface area contributed by atoms with Crippen molar-refractivity contribution in [2.24, 2.45) is 5.41 Å². The van der Waals surface area contributed by atoms with Crippen LogP contribution in [-0.4, -0.2) is 49.4 Å². The highest BCUT2D eigenvalue weighted by Crippen LogP contribution is 2.22. The summed E-state index contributed by atoms with van der Waals surface area (Å²) in [7, 11) is 0. The molecule has 24 heavy (non-hydrogen) atoms. The zero-order valence-electron chi connectivity index (χ0n) is 14.2. The lowest BCUT2D eigenvalue weighted by atomic mass is 9.90. The third kappa shape index (κ3) is 3.93. The molecule has 130 valence electrons. The first-order valence-corrected chi connectivity index (χ1v) is 8.05. The lowest BCUT2D eigenvalue weighted by Crippen LogP contribution is -2.55. The molecule has 0 saturated carbocycles. The third-order valence-electron chi connectivity index (χ3n) is 4.27. The Kier molecular flexibility index (Phi) is 5.59. The summed E-state index contributed by atoms with van der Waals surface area (Å²) in [6.07, 6.45) is 1.58. The van der Waals surface area contributed by atoms with Gasteiger partial charge in [-0.05, 0) is 38.1 Å². The van der Waals surface area contributed by atoms with Gasteiger partial charge in [-0.2, -0.15) is 0 Å². The van der Waals surface area contributed by atoms with E-state index in [4.69, 9.17) is 0 Å². The summed E-state index contributed by atoms with van der Waals surface area (Å²) in [5.74, 6) is -0.740. The fourth-order valence-electron chi connectivity index (χ4n) is 2.70. The van der Waals surface area contributed by atoms with Gasteiger partial charge in [0.25, 0.3) is 0 Å². The molecular formula is C18H24FN3O2. The van der Waals surface area contributed by atoms with Gasteiger partial charge in [-0.1, -0.05) is 6.08 Å². The summed E-state index contributed by atoms with van der Waals surface area (Å²) in [4.78, 5) is 28.7. The number of nitrogens with one attached hydrogen (secondary N) is 1. The molecular weight excluding hydrogens is 309 g/mol. The molecule has 0 aliphatic carbocycles. The van der Waals surface area contributed by atoms with Crippen LogP contribution in [0.25, 0.3) is 0 Å². The molecule has 1 N–H and O–H groups in total. The smallest absolute Gasteiger partial charge is 0.237 e. The van der Waals surface area contributed by atoms with Crippen molar-refractivity contribution in [3.63, 3.8) is 0 Å². The molecule has 1 aromatic rings. The molecule has 0 radical (unpaired) electrons. The summed E-state index contributed by atoms with van der Waals surface area (Å²) in [6.45, 7) is 9.55. The van der Waals surface area contributed by atoms with Crippen molar-refractivity contribution < 1.29 is 14.0 Å². The normalized spacial score (nSPS) is 15.1. The lowest BCUT2D eigenvalue weighted by molar-refractivity contribution is -0.148. The van der Waals surface area contributed by atoms with Gasteiger partial charge in [-0.25, -0.2) is 4.39 Å². The SMILES string of the molecule is C=CCNC(=O)C(C)(C)C(=O)N1CCN(c2ccc(F)cc2)CC1. The summed E-state index contributed by atoms with van der Waals surface area (Å²) in [6, 6.07) is 6.33. The first kappa shape index (κ1) is 18.0. The summed E-state index contributed by atoms with van der Waals surface area (Å²) < 4.78 is 13.0. The van der Waals surface area contributed by atoms with E-state index in [0.717, 1.165) is 5.69 Å². The molecule has 0 aromatic heterocycles. The minimum absolute atomic E-state index is 0.178. The number of amides is 2. The molecule has 1 saturated heterocycles. The van der Waals surface area contributed by atoms with Crippen molar-refractivity contribution in [3.05, 3.63) is 42.7 Å². The molecule has 0 bridgehead atoms. The van der Waals surface area contributed by atoms with E-state index >= 15 is 0 Å². The maximum absolute atomic E-state index is 13.0. The van der Waals surface area contributed by atoms with Crippen molar-refractivity contribution in [1.82, 2.24) is 10.2 Å². The van der Waals surface area contributed by atoms with Gasteiger partial charge in [0.2, 0.25) is 11.8 Å². The van der Waals surface area contributed by atoms with Crippen molar-refractivity contribution >= 4 is 17.5 Å². The van der Waals surface area contributed by atoms with Crippen LogP contribution >= 0.6 is 0 Å². The lowest BCUT2D eigenvalue weighted by Gasteiger charge is -2.39. The highest BCUT2D eigenvalue weighted by Gasteiger charge is 2.39. The van der Waals surface area contributed by atoms with E-state index in [1.807, 2.05) is 0 Å². The van der Waals surface area contributed by atoms with Crippen LogP contribution < -0.4 is 10.2 Å². The van der Waals surface area contributed by atoms with Crippen LogP contribution in [0.3, 0.4) is 0 Å². The number of hydrogen-bond donors (Lipinski definition) is 1. The van der Waals surface area contributed by atoms with Gasteiger partial charge in [0, 0.05) is 38.4 Å². The molecule has 5 nitrogen and oxygen atoms in total. The molecule has 1 heterocycles. The number of anilines is 1. The average Bonchev–Trinajstić information content (AvgIpc) is 2.59. The molecule has 0 atom stereocenters. The van der Waals surface area contributed by atoms with E-state index in [2.05, 4.69) is 16.8 Å². The van der Waals surface area contributed by atoms with Crippen LogP contribution in [-0.2, 0) is 9.59 Å². The Morgan fingerprint density at radius 1 is 1.21 bits per heavy atom. The van der Waals surface area contributed by atoms with E-state index in [1.165, 1.54) is 12.1 Å². The fraction of sp³-hybridized carbons (Fsp3) is 0.444. The first-order valence-electron chi connectivity index (χ1n) is 8.05. The molecule has 0 spiro atoms. The first-order chi connectivity index (χ1) is 11.4. The van der Waals surface area contributed by atoms with Gasteiger partial charge in [0.1, 0.15) is 11.2 Å². The quantitative estimate of drug-likeness (QED) is 0.660. The third-order valence-corrected chi connectivity index (χ3v) is 4.27. The predicted octanol–water partition coefficient (Wildman–Crippen LogP) is 1.80. The number of piperazine rings is 1. The Balaban J connectivity index is 1.95. The molecule has 0 unspecified atom stereocenters. The van der Waals surface area contributed by atoms with Gasteiger partial charge in [-0.3, -0.25) is 9.59 Å². The number of benzene rings is 1. The minimum Gasteiger partial charge on any atom is -0.368 e. The average molecular weight is 333 g/mol. The zero-order chi connectivity index (χ0) is 17.7. The molecule has 6 heteroatoms. The Bertz CT molecular complexity index is 605. The minimum atomic E-state index is -1.11. The van der Waals surface area contributed by atoms with Crippen LogP contribution in [0.15, 0.2) is 36.9 Å². The van der Waals surface area contributed by atoms with Crippen LogP contribution in [0.5, 0.6) is 0 Å². The number of rotatable bonds is 5. The summed E-state index contributed by atoms with van der Waals surface area (Å²) in [5, 5.41) is 2.68. The van der Waals surface area contributed by atoms with Crippen LogP contribution in [0.4, 0.5) is 10.1 Å². The second-order valence-electron chi connectivity index (χ2n) is 6.38. The highest BCUT2D eigenvalue weighted by molar-refractivity contribution is 6.04. The zero-order valence-corrected chi connectivity index (χ0v) is 14.2. The van der Waals surface area contributed by atoms with Gasteiger partial charge in [0.15, 0.2) is 0 Å². The number of carbonyl (C=O) groups excluding carboxylic acids is 2. The van der Waals surface area contributed by atoms with E-state index < -0.39 is 5.41 Å². The largest absolute Gasteiger partial charge is 0.368 e. The van der Waals surface area contributed by atoms with Crippen molar-refractivity contribution in [3.8, 4) is 0 Å². The fourth-order valence-corrected chi connectivity index (χ4v) is 2.70. The van der Waals surface area contributed by atoms with Crippen molar-refractivity contribution in [1.29, 1.82) is 0 Å². The highest BCUT2D eigenvalue weighted by atomic mass is 19.1. The van der Waals surface area contributed by atoms with Crippen LogP contribution in [0.1, 0.15) is 13.8 Å². The Morgan fingerprint density at radius 3 is 2.33 bits per heavy atom. The molecule has 1 aliphatic rings. The van der Waals surface area contributed by atoms with Crippen LogP contribution in [0, 0.1) is 11.2 Å². The van der Waals surface area contributed by atoms with Crippen molar-refractivity contribution in [2.75, 3.05) is 37.6 Å². The number of carbonyl (C=O) groups is 2. The maximum atomic E-state index is 13.0. The molecule has 1 fully saturated rings. The Morgan fingerprint density at radius 2 is 1.79 bits per heavy atom. The van der Waals surface area contributed by atoms with Gasteiger partial charge >= 0.3 is 0 Å². The van der Waals surface area contributed by atoms with E-state index in [1.54, 1.807) is 37.0 Å². The van der Waals surface area contributed by atoms with Gasteiger partial charge in [-0.15, -0.1) is 6.58 Å². The van der Waals surface area contributed by atoms with E-state index in [-0.39, 0.29) is 17.6 Å². The molecule has 2 rings (SSSR count). The van der Waals surface area contributed by atoms with Crippen LogP contribution in [0.2, 0.25) is 0 Å². The molecule has 1 aromatic carbocycles. The number of nitrogens with zero attached hydrogens (tertiary/aromatic N) is 2. The van der Waals surface area contributed by atoms with E-state index in [9.17, 15) is 14.0 Å². The number of halogens is 1. The number of hydrogen-bond acceptors (Lipinski definition) is 3. The standard InChI is InChI=1S/C18H24FN3O2/c1-4-9-20-16(23)18(2,3)17(24)22-12-10-21(11-13-22)15-7-5-14(19)6-8-15/h4-8H,1,9-13H2,2-3H3,(H,20,23).